The molecule has 0 radical (unpaired) electrons. The van der Waals surface area contributed by atoms with Gasteiger partial charge in [-0.05, 0) is 20.8 Å². The second-order valence-corrected chi connectivity index (χ2v) is 7.10. The Morgan fingerprint density at radius 3 is 2.26 bits per heavy atom. The van der Waals surface area contributed by atoms with E-state index < -0.39 is 5.60 Å². The van der Waals surface area contributed by atoms with Gasteiger partial charge in [-0.25, -0.2) is 0 Å². The second-order valence-electron chi connectivity index (χ2n) is 7.10. The molecular formula is C14H29N3O2. The van der Waals surface area contributed by atoms with Gasteiger partial charge in [0.15, 0.2) is 5.96 Å². The van der Waals surface area contributed by atoms with Crippen LogP contribution in [0.5, 0.6) is 0 Å². The van der Waals surface area contributed by atoms with Gasteiger partial charge in [0.1, 0.15) is 0 Å². The number of rotatable bonds is 3. The molecule has 0 aromatic rings. The van der Waals surface area contributed by atoms with E-state index in [0.717, 1.165) is 0 Å². The van der Waals surface area contributed by atoms with Crippen LogP contribution in [-0.2, 0) is 4.74 Å². The van der Waals surface area contributed by atoms with Crippen LogP contribution in [-0.4, -0.2) is 42.0 Å². The molecule has 1 rings (SSSR count). The van der Waals surface area contributed by atoms with Gasteiger partial charge < -0.3 is 20.9 Å². The molecule has 19 heavy (non-hydrogen) atoms. The highest BCUT2D eigenvalue weighted by Crippen LogP contribution is 2.38. The van der Waals surface area contributed by atoms with Crippen LogP contribution in [0.2, 0.25) is 0 Å². The van der Waals surface area contributed by atoms with Crippen LogP contribution in [0.25, 0.3) is 0 Å². The average molecular weight is 271 g/mol. The molecule has 0 spiro atoms. The fourth-order valence-corrected chi connectivity index (χ4v) is 2.24. The lowest BCUT2D eigenvalue weighted by atomic mass is 9.70. The summed E-state index contributed by atoms with van der Waals surface area (Å²) in [5.74, 6) is 0.427. The highest BCUT2D eigenvalue weighted by atomic mass is 16.5. The van der Waals surface area contributed by atoms with Crippen LogP contribution < -0.4 is 11.1 Å². The summed E-state index contributed by atoms with van der Waals surface area (Å²) in [5, 5.41) is 13.9. The Hall–Kier alpha value is -0.810. The first-order chi connectivity index (χ1) is 8.56. The van der Waals surface area contributed by atoms with Crippen molar-refractivity contribution >= 4 is 5.96 Å². The SMILES string of the molecule is CC(C)(C)NC(N)=NCC(C)(C)C1(O)CCOCC1. The van der Waals surface area contributed by atoms with Crippen molar-refractivity contribution in [2.75, 3.05) is 19.8 Å². The van der Waals surface area contributed by atoms with Gasteiger partial charge in [0.05, 0.1) is 12.1 Å². The number of aliphatic imine (C=N–C) groups is 1. The van der Waals surface area contributed by atoms with Gasteiger partial charge in [-0.1, -0.05) is 13.8 Å². The molecule has 0 atom stereocenters. The standard InChI is InChI=1S/C14H29N3O2/c1-12(2,3)17-11(15)16-10-13(4,5)14(18)6-8-19-9-7-14/h18H,6-10H2,1-5H3,(H3,15,16,17). The summed E-state index contributed by atoms with van der Waals surface area (Å²) >= 11 is 0. The molecule has 1 aliphatic heterocycles. The highest BCUT2D eigenvalue weighted by molar-refractivity contribution is 5.78. The molecule has 1 fully saturated rings. The molecule has 0 bridgehead atoms. The minimum absolute atomic E-state index is 0.104. The van der Waals surface area contributed by atoms with Gasteiger partial charge in [-0.2, -0.15) is 0 Å². The Labute approximate surface area is 116 Å². The zero-order chi connectivity index (χ0) is 14.7. The molecule has 0 saturated carbocycles. The summed E-state index contributed by atoms with van der Waals surface area (Å²) < 4.78 is 5.32. The Morgan fingerprint density at radius 2 is 1.79 bits per heavy atom. The second kappa shape index (κ2) is 5.67. The summed E-state index contributed by atoms with van der Waals surface area (Å²) in [4.78, 5) is 4.38. The van der Waals surface area contributed by atoms with E-state index in [-0.39, 0.29) is 11.0 Å². The van der Waals surface area contributed by atoms with E-state index in [4.69, 9.17) is 10.5 Å². The van der Waals surface area contributed by atoms with E-state index in [0.29, 0.717) is 38.6 Å². The largest absolute Gasteiger partial charge is 0.389 e. The number of hydrogen-bond acceptors (Lipinski definition) is 3. The Balaban J connectivity index is 2.66. The predicted octanol–water partition coefficient (Wildman–Crippen LogP) is 1.26. The lowest BCUT2D eigenvalue weighted by Crippen LogP contribution is -2.51. The number of nitrogens with one attached hydrogen (secondary N) is 1. The van der Waals surface area contributed by atoms with Crippen molar-refractivity contribution in [3.8, 4) is 0 Å². The van der Waals surface area contributed by atoms with Crippen LogP contribution >= 0.6 is 0 Å². The number of nitrogens with two attached hydrogens (primary N) is 1. The van der Waals surface area contributed by atoms with E-state index in [9.17, 15) is 5.11 Å². The van der Waals surface area contributed by atoms with Crippen LogP contribution in [0.1, 0.15) is 47.5 Å². The van der Waals surface area contributed by atoms with Crippen LogP contribution in [0.4, 0.5) is 0 Å². The molecule has 0 aromatic carbocycles. The third-order valence-electron chi connectivity index (χ3n) is 3.73. The van der Waals surface area contributed by atoms with Crippen molar-refractivity contribution in [1.82, 2.24) is 5.32 Å². The molecular weight excluding hydrogens is 242 g/mol. The molecule has 4 N–H and O–H groups in total. The van der Waals surface area contributed by atoms with Crippen molar-refractivity contribution in [1.29, 1.82) is 0 Å². The van der Waals surface area contributed by atoms with Crippen LogP contribution in [0.15, 0.2) is 4.99 Å². The van der Waals surface area contributed by atoms with Gasteiger partial charge in [-0.15, -0.1) is 0 Å². The zero-order valence-corrected chi connectivity index (χ0v) is 12.9. The average Bonchev–Trinajstić information content (AvgIpc) is 2.25. The van der Waals surface area contributed by atoms with Crippen molar-refractivity contribution in [3.63, 3.8) is 0 Å². The van der Waals surface area contributed by atoms with Gasteiger partial charge in [0, 0.05) is 37.0 Å². The van der Waals surface area contributed by atoms with E-state index in [2.05, 4.69) is 10.3 Å². The fraction of sp³-hybridized carbons (Fsp3) is 0.929. The number of ether oxygens (including phenoxy) is 1. The zero-order valence-electron chi connectivity index (χ0n) is 12.9. The molecule has 1 heterocycles. The molecule has 0 unspecified atom stereocenters. The molecule has 5 nitrogen and oxygen atoms in total. The van der Waals surface area contributed by atoms with E-state index >= 15 is 0 Å². The summed E-state index contributed by atoms with van der Waals surface area (Å²) in [6.45, 7) is 11.9. The molecule has 1 saturated heterocycles. The summed E-state index contributed by atoms with van der Waals surface area (Å²) in [6.07, 6.45) is 1.31. The minimum Gasteiger partial charge on any atom is -0.389 e. The number of nitrogens with zero attached hydrogens (tertiary/aromatic N) is 1. The first-order valence-electron chi connectivity index (χ1n) is 6.94. The van der Waals surface area contributed by atoms with Crippen molar-refractivity contribution in [2.45, 2.75) is 58.6 Å². The maximum atomic E-state index is 10.7. The van der Waals surface area contributed by atoms with Gasteiger partial charge in [0.25, 0.3) is 0 Å². The van der Waals surface area contributed by atoms with Crippen molar-refractivity contribution in [2.24, 2.45) is 16.1 Å². The van der Waals surface area contributed by atoms with Gasteiger partial charge >= 0.3 is 0 Å². The van der Waals surface area contributed by atoms with Gasteiger partial charge in [-0.3, -0.25) is 4.99 Å². The topological polar surface area (TPSA) is 79.9 Å². The Morgan fingerprint density at radius 1 is 1.26 bits per heavy atom. The lowest BCUT2D eigenvalue weighted by Gasteiger charge is -2.44. The smallest absolute Gasteiger partial charge is 0.189 e. The van der Waals surface area contributed by atoms with Crippen molar-refractivity contribution in [3.05, 3.63) is 0 Å². The molecule has 0 aliphatic carbocycles. The molecule has 5 heteroatoms. The predicted molar refractivity (Wildman–Crippen MR) is 78.2 cm³/mol. The van der Waals surface area contributed by atoms with E-state index in [1.165, 1.54) is 0 Å². The number of hydrogen-bond donors (Lipinski definition) is 3. The van der Waals surface area contributed by atoms with Gasteiger partial charge in [0.2, 0.25) is 0 Å². The summed E-state index contributed by atoms with van der Waals surface area (Å²) in [7, 11) is 0. The third-order valence-corrected chi connectivity index (χ3v) is 3.73. The minimum atomic E-state index is -0.725. The molecule has 1 aliphatic rings. The summed E-state index contributed by atoms with van der Waals surface area (Å²) in [5.41, 5.74) is 4.72. The van der Waals surface area contributed by atoms with Crippen molar-refractivity contribution < 1.29 is 9.84 Å². The Bertz CT molecular complexity index is 326. The first-order valence-corrected chi connectivity index (χ1v) is 6.94. The number of aliphatic hydroxyl groups is 1. The quantitative estimate of drug-likeness (QED) is 0.533. The van der Waals surface area contributed by atoms with E-state index in [1.807, 2.05) is 34.6 Å². The van der Waals surface area contributed by atoms with E-state index in [1.54, 1.807) is 0 Å². The monoisotopic (exact) mass is 271 g/mol. The lowest BCUT2D eigenvalue weighted by molar-refractivity contribution is -0.128. The van der Waals surface area contributed by atoms with Crippen LogP contribution in [0.3, 0.4) is 0 Å². The Kier molecular flexibility index (Phi) is 4.85. The maximum Gasteiger partial charge on any atom is 0.189 e. The number of guanidine groups is 1. The van der Waals surface area contributed by atoms with Crippen LogP contribution in [0, 0.1) is 5.41 Å². The third kappa shape index (κ3) is 4.66. The fourth-order valence-electron chi connectivity index (χ4n) is 2.24. The molecule has 0 amide bonds. The first kappa shape index (κ1) is 16.2. The molecule has 112 valence electrons. The summed E-state index contributed by atoms with van der Waals surface area (Å²) in [6, 6.07) is 0. The highest BCUT2D eigenvalue weighted by Gasteiger charge is 2.44. The maximum absolute atomic E-state index is 10.7. The normalized spacial score (nSPS) is 21.3. The molecule has 0 aromatic heterocycles.